The summed E-state index contributed by atoms with van der Waals surface area (Å²) in [4.78, 5) is 0. The molecule has 3 nitrogen and oxygen atoms in total. The molecular formula is C16H17Br2NO2. The largest absolute Gasteiger partial charge is 0.493 e. The highest BCUT2D eigenvalue weighted by atomic mass is 79.9. The lowest BCUT2D eigenvalue weighted by Gasteiger charge is -2.10. The molecular weight excluding hydrogens is 398 g/mol. The zero-order valence-corrected chi connectivity index (χ0v) is 14.7. The smallest absolute Gasteiger partial charge is 0.133 e. The van der Waals surface area contributed by atoms with Crippen LogP contribution in [0.3, 0.4) is 0 Å². The Morgan fingerprint density at radius 3 is 2.52 bits per heavy atom. The van der Waals surface area contributed by atoms with Gasteiger partial charge in [-0.3, -0.25) is 0 Å². The van der Waals surface area contributed by atoms with Crippen molar-refractivity contribution in [3.63, 3.8) is 0 Å². The average molecular weight is 415 g/mol. The molecule has 0 unspecified atom stereocenters. The van der Waals surface area contributed by atoms with Crippen LogP contribution in [0.4, 0.5) is 0 Å². The molecule has 0 atom stereocenters. The number of benzene rings is 2. The van der Waals surface area contributed by atoms with Crippen LogP contribution in [0.25, 0.3) is 0 Å². The SMILES string of the molecule is NCc1cccc(OCCCOc2ccc(Br)cc2Br)c1. The van der Waals surface area contributed by atoms with Crippen LogP contribution in [0.2, 0.25) is 0 Å². The number of ether oxygens (including phenoxy) is 2. The van der Waals surface area contributed by atoms with Crippen LogP contribution in [0.15, 0.2) is 51.4 Å². The Morgan fingerprint density at radius 2 is 1.76 bits per heavy atom. The van der Waals surface area contributed by atoms with Crippen molar-refractivity contribution in [2.75, 3.05) is 13.2 Å². The van der Waals surface area contributed by atoms with Gasteiger partial charge in [0.2, 0.25) is 0 Å². The number of rotatable bonds is 7. The minimum absolute atomic E-state index is 0.526. The Labute approximate surface area is 141 Å². The van der Waals surface area contributed by atoms with Gasteiger partial charge < -0.3 is 15.2 Å². The van der Waals surface area contributed by atoms with Crippen molar-refractivity contribution in [3.8, 4) is 11.5 Å². The minimum atomic E-state index is 0.526. The lowest BCUT2D eigenvalue weighted by Crippen LogP contribution is -2.05. The van der Waals surface area contributed by atoms with Crippen LogP contribution in [0, 0.1) is 0 Å². The second kappa shape index (κ2) is 8.41. The molecule has 2 rings (SSSR count). The Balaban J connectivity index is 1.72. The third-order valence-electron chi connectivity index (χ3n) is 2.84. The molecule has 0 aliphatic heterocycles. The number of hydrogen-bond acceptors (Lipinski definition) is 3. The van der Waals surface area contributed by atoms with Crippen molar-refractivity contribution in [3.05, 3.63) is 57.0 Å². The van der Waals surface area contributed by atoms with Crippen LogP contribution in [-0.2, 0) is 6.54 Å². The summed E-state index contributed by atoms with van der Waals surface area (Å²) in [5, 5.41) is 0. The number of nitrogens with two attached hydrogens (primary N) is 1. The zero-order valence-electron chi connectivity index (χ0n) is 11.5. The summed E-state index contributed by atoms with van der Waals surface area (Å²) in [5.74, 6) is 1.69. The molecule has 0 heterocycles. The molecule has 0 spiro atoms. The summed E-state index contributed by atoms with van der Waals surface area (Å²) >= 11 is 6.88. The summed E-state index contributed by atoms with van der Waals surface area (Å²) in [6.45, 7) is 1.75. The summed E-state index contributed by atoms with van der Waals surface area (Å²) in [5.41, 5.74) is 6.67. The first-order valence-corrected chi connectivity index (χ1v) is 8.27. The highest BCUT2D eigenvalue weighted by Crippen LogP contribution is 2.28. The summed E-state index contributed by atoms with van der Waals surface area (Å²) in [6.07, 6.45) is 0.815. The molecule has 0 fully saturated rings. The van der Waals surface area contributed by atoms with Crippen molar-refractivity contribution in [2.45, 2.75) is 13.0 Å². The first-order valence-electron chi connectivity index (χ1n) is 6.68. The molecule has 2 aromatic carbocycles. The van der Waals surface area contributed by atoms with E-state index in [0.717, 1.165) is 32.4 Å². The third kappa shape index (κ3) is 5.34. The lowest BCUT2D eigenvalue weighted by atomic mass is 10.2. The van der Waals surface area contributed by atoms with Gasteiger partial charge in [-0.2, -0.15) is 0 Å². The quantitative estimate of drug-likeness (QED) is 0.677. The van der Waals surface area contributed by atoms with Crippen LogP contribution >= 0.6 is 31.9 Å². The fraction of sp³-hybridized carbons (Fsp3) is 0.250. The molecule has 112 valence electrons. The van der Waals surface area contributed by atoms with Gasteiger partial charge in [-0.25, -0.2) is 0 Å². The normalized spacial score (nSPS) is 10.4. The van der Waals surface area contributed by atoms with Crippen molar-refractivity contribution in [2.24, 2.45) is 5.73 Å². The number of hydrogen-bond donors (Lipinski definition) is 1. The Kier molecular flexibility index (Phi) is 6.54. The maximum atomic E-state index is 5.71. The maximum Gasteiger partial charge on any atom is 0.133 e. The number of halogens is 2. The molecule has 21 heavy (non-hydrogen) atoms. The molecule has 0 radical (unpaired) electrons. The molecule has 5 heteroatoms. The van der Waals surface area contributed by atoms with E-state index in [1.165, 1.54) is 0 Å². The van der Waals surface area contributed by atoms with Crippen molar-refractivity contribution < 1.29 is 9.47 Å². The second-order valence-corrected chi connectivity index (χ2v) is 6.25. The predicted molar refractivity (Wildman–Crippen MR) is 91.8 cm³/mol. The third-order valence-corrected chi connectivity index (χ3v) is 3.96. The van der Waals surface area contributed by atoms with Gasteiger partial charge in [0.1, 0.15) is 11.5 Å². The van der Waals surface area contributed by atoms with Crippen LogP contribution in [0.5, 0.6) is 11.5 Å². The first-order chi connectivity index (χ1) is 10.2. The van der Waals surface area contributed by atoms with Crippen molar-refractivity contribution in [1.29, 1.82) is 0 Å². The average Bonchev–Trinajstić information content (AvgIpc) is 2.49. The van der Waals surface area contributed by atoms with Gasteiger partial charge >= 0.3 is 0 Å². The summed E-state index contributed by atoms with van der Waals surface area (Å²) < 4.78 is 13.3. The van der Waals surface area contributed by atoms with Crippen LogP contribution in [0.1, 0.15) is 12.0 Å². The van der Waals surface area contributed by atoms with Crippen molar-refractivity contribution >= 4 is 31.9 Å². The first kappa shape index (κ1) is 16.3. The van der Waals surface area contributed by atoms with Gasteiger partial charge in [0, 0.05) is 17.4 Å². The van der Waals surface area contributed by atoms with Gasteiger partial charge in [-0.15, -0.1) is 0 Å². The highest BCUT2D eigenvalue weighted by molar-refractivity contribution is 9.11. The van der Waals surface area contributed by atoms with E-state index in [1.54, 1.807) is 0 Å². The van der Waals surface area contributed by atoms with E-state index in [1.807, 2.05) is 42.5 Å². The lowest BCUT2D eigenvalue weighted by molar-refractivity contribution is 0.246. The molecule has 2 aromatic rings. The van der Waals surface area contributed by atoms with E-state index in [4.69, 9.17) is 15.2 Å². The fourth-order valence-electron chi connectivity index (χ4n) is 1.79. The topological polar surface area (TPSA) is 44.5 Å². The molecule has 0 aliphatic carbocycles. The summed E-state index contributed by atoms with van der Waals surface area (Å²) in [6, 6.07) is 13.7. The van der Waals surface area contributed by atoms with E-state index in [2.05, 4.69) is 31.9 Å². The fourth-order valence-corrected chi connectivity index (χ4v) is 2.95. The zero-order chi connectivity index (χ0) is 15.1. The molecule has 0 amide bonds. The van der Waals surface area contributed by atoms with Gasteiger partial charge in [0.25, 0.3) is 0 Å². The van der Waals surface area contributed by atoms with E-state index in [-0.39, 0.29) is 0 Å². The van der Waals surface area contributed by atoms with E-state index < -0.39 is 0 Å². The van der Waals surface area contributed by atoms with E-state index >= 15 is 0 Å². The monoisotopic (exact) mass is 413 g/mol. The van der Waals surface area contributed by atoms with Crippen LogP contribution in [-0.4, -0.2) is 13.2 Å². The molecule has 0 saturated heterocycles. The van der Waals surface area contributed by atoms with E-state index in [0.29, 0.717) is 19.8 Å². The van der Waals surface area contributed by atoms with Gasteiger partial charge in [0.15, 0.2) is 0 Å². The Morgan fingerprint density at radius 1 is 0.952 bits per heavy atom. The molecule has 2 N–H and O–H groups in total. The Hall–Kier alpha value is -1.04. The molecule has 0 bridgehead atoms. The maximum absolute atomic E-state index is 5.71. The van der Waals surface area contributed by atoms with Gasteiger partial charge in [-0.05, 0) is 51.8 Å². The standard InChI is InChI=1S/C16H17Br2NO2/c17-13-5-6-16(15(18)10-13)21-8-2-7-20-14-4-1-3-12(9-14)11-19/h1,3-6,9-10H,2,7-8,11,19H2. The minimum Gasteiger partial charge on any atom is -0.493 e. The van der Waals surface area contributed by atoms with Gasteiger partial charge in [0.05, 0.1) is 17.7 Å². The Bertz CT molecular complexity index is 590. The van der Waals surface area contributed by atoms with Gasteiger partial charge in [-0.1, -0.05) is 28.1 Å². The van der Waals surface area contributed by atoms with E-state index in [9.17, 15) is 0 Å². The highest BCUT2D eigenvalue weighted by Gasteiger charge is 2.02. The summed E-state index contributed by atoms with van der Waals surface area (Å²) in [7, 11) is 0. The molecule has 0 aromatic heterocycles. The predicted octanol–water partition coefficient (Wildman–Crippen LogP) is 4.52. The second-order valence-electron chi connectivity index (χ2n) is 4.48. The molecule has 0 saturated carbocycles. The van der Waals surface area contributed by atoms with Crippen LogP contribution < -0.4 is 15.2 Å². The molecule has 0 aliphatic rings. The van der Waals surface area contributed by atoms with Crippen molar-refractivity contribution in [1.82, 2.24) is 0 Å².